The number of benzene rings is 1. The van der Waals surface area contributed by atoms with Crippen LogP contribution in [0.2, 0.25) is 0 Å². The minimum atomic E-state index is 0.996. The van der Waals surface area contributed by atoms with Gasteiger partial charge in [-0.2, -0.15) is 0 Å². The SMILES string of the molecule is CCCNc1ncc(CSc2ccccc2)s1. The lowest BCUT2D eigenvalue weighted by atomic mass is 10.4. The molecular weight excluding hydrogens is 248 g/mol. The number of thioether (sulfide) groups is 1. The molecule has 0 amide bonds. The maximum absolute atomic E-state index is 4.36. The summed E-state index contributed by atoms with van der Waals surface area (Å²) in [5.41, 5.74) is 0. The fourth-order valence-corrected chi connectivity index (χ4v) is 3.14. The molecule has 4 heteroatoms. The summed E-state index contributed by atoms with van der Waals surface area (Å²) in [7, 11) is 0. The van der Waals surface area contributed by atoms with Gasteiger partial charge in [0.25, 0.3) is 0 Å². The van der Waals surface area contributed by atoms with Crippen molar-refractivity contribution in [3.05, 3.63) is 41.4 Å². The van der Waals surface area contributed by atoms with Crippen LogP contribution in [0.3, 0.4) is 0 Å². The maximum atomic E-state index is 4.36. The molecule has 0 radical (unpaired) electrons. The summed E-state index contributed by atoms with van der Waals surface area (Å²) in [6.45, 7) is 3.16. The van der Waals surface area contributed by atoms with Gasteiger partial charge in [0.1, 0.15) is 0 Å². The van der Waals surface area contributed by atoms with Gasteiger partial charge in [0, 0.05) is 28.3 Å². The molecule has 0 aliphatic heterocycles. The van der Waals surface area contributed by atoms with Crippen molar-refractivity contribution in [1.29, 1.82) is 0 Å². The Morgan fingerprint density at radius 3 is 2.88 bits per heavy atom. The third-order valence-electron chi connectivity index (χ3n) is 2.20. The molecule has 2 rings (SSSR count). The highest BCUT2D eigenvalue weighted by Gasteiger charge is 2.01. The summed E-state index contributed by atoms with van der Waals surface area (Å²) in [6, 6.07) is 10.5. The second kappa shape index (κ2) is 6.67. The zero-order chi connectivity index (χ0) is 11.9. The first-order valence-electron chi connectivity index (χ1n) is 5.75. The Kier molecular flexibility index (Phi) is 4.88. The smallest absolute Gasteiger partial charge is 0.182 e. The summed E-state index contributed by atoms with van der Waals surface area (Å²) >= 11 is 3.60. The Morgan fingerprint density at radius 2 is 2.12 bits per heavy atom. The highest BCUT2D eigenvalue weighted by atomic mass is 32.2. The topological polar surface area (TPSA) is 24.9 Å². The Bertz CT molecular complexity index is 440. The van der Waals surface area contributed by atoms with Gasteiger partial charge in [0.2, 0.25) is 0 Å². The Hall–Kier alpha value is -1.00. The van der Waals surface area contributed by atoms with E-state index in [1.54, 1.807) is 11.3 Å². The molecule has 1 heterocycles. The molecule has 0 aliphatic rings. The van der Waals surface area contributed by atoms with Gasteiger partial charge in [0.05, 0.1) is 0 Å². The molecule has 1 aromatic heterocycles. The molecule has 2 nitrogen and oxygen atoms in total. The molecule has 0 saturated heterocycles. The summed E-state index contributed by atoms with van der Waals surface area (Å²) in [6.07, 6.45) is 3.10. The van der Waals surface area contributed by atoms with Gasteiger partial charge < -0.3 is 5.32 Å². The Balaban J connectivity index is 1.85. The van der Waals surface area contributed by atoms with Crippen LogP contribution in [-0.4, -0.2) is 11.5 Å². The van der Waals surface area contributed by atoms with E-state index in [2.05, 4.69) is 41.5 Å². The van der Waals surface area contributed by atoms with E-state index in [9.17, 15) is 0 Å². The van der Waals surface area contributed by atoms with Crippen LogP contribution in [-0.2, 0) is 5.75 Å². The van der Waals surface area contributed by atoms with E-state index in [0.717, 1.165) is 23.8 Å². The molecule has 0 bridgehead atoms. The second-order valence-electron chi connectivity index (χ2n) is 3.66. The number of hydrogen-bond acceptors (Lipinski definition) is 4. The summed E-state index contributed by atoms with van der Waals surface area (Å²) in [4.78, 5) is 6.99. The van der Waals surface area contributed by atoms with Crippen LogP contribution in [0.4, 0.5) is 5.13 Å². The molecule has 1 N–H and O–H groups in total. The number of nitrogens with one attached hydrogen (secondary N) is 1. The molecule has 0 spiro atoms. The van der Waals surface area contributed by atoms with Gasteiger partial charge >= 0.3 is 0 Å². The van der Waals surface area contributed by atoms with Crippen molar-refractivity contribution in [2.45, 2.75) is 24.0 Å². The van der Waals surface area contributed by atoms with Gasteiger partial charge in [-0.25, -0.2) is 4.98 Å². The lowest BCUT2D eigenvalue weighted by Crippen LogP contribution is -1.97. The molecule has 0 saturated carbocycles. The number of rotatable bonds is 6. The molecule has 0 unspecified atom stereocenters. The predicted octanol–water partition coefficient (Wildman–Crippen LogP) is 4.26. The second-order valence-corrected chi connectivity index (χ2v) is 5.82. The van der Waals surface area contributed by atoms with Gasteiger partial charge in [-0.05, 0) is 18.6 Å². The highest BCUT2D eigenvalue weighted by molar-refractivity contribution is 7.98. The van der Waals surface area contributed by atoms with Crippen molar-refractivity contribution in [2.24, 2.45) is 0 Å². The third kappa shape index (κ3) is 4.06. The van der Waals surface area contributed by atoms with Gasteiger partial charge in [0.15, 0.2) is 5.13 Å². The summed E-state index contributed by atoms with van der Waals surface area (Å²) < 4.78 is 0. The van der Waals surface area contributed by atoms with Crippen LogP contribution >= 0.6 is 23.1 Å². The van der Waals surface area contributed by atoms with Crippen LogP contribution in [0.25, 0.3) is 0 Å². The first kappa shape index (κ1) is 12.5. The zero-order valence-electron chi connectivity index (χ0n) is 9.85. The molecule has 0 aliphatic carbocycles. The fourth-order valence-electron chi connectivity index (χ4n) is 1.36. The van der Waals surface area contributed by atoms with Crippen molar-refractivity contribution >= 4 is 28.2 Å². The molecule has 2 aromatic rings. The number of hydrogen-bond donors (Lipinski definition) is 1. The molecule has 0 atom stereocenters. The molecular formula is C13H16N2S2. The molecule has 0 fully saturated rings. The third-order valence-corrected chi connectivity index (χ3v) is 4.40. The fraction of sp³-hybridized carbons (Fsp3) is 0.308. The average Bonchev–Trinajstić information content (AvgIpc) is 2.83. The van der Waals surface area contributed by atoms with E-state index in [-0.39, 0.29) is 0 Å². The molecule has 90 valence electrons. The monoisotopic (exact) mass is 264 g/mol. The first-order chi connectivity index (χ1) is 8.38. The lowest BCUT2D eigenvalue weighted by Gasteiger charge is -1.98. The van der Waals surface area contributed by atoms with E-state index in [0.29, 0.717) is 0 Å². The van der Waals surface area contributed by atoms with Gasteiger partial charge in [-0.3, -0.25) is 0 Å². The Morgan fingerprint density at radius 1 is 1.29 bits per heavy atom. The number of aromatic nitrogens is 1. The van der Waals surface area contributed by atoms with Crippen molar-refractivity contribution in [2.75, 3.05) is 11.9 Å². The van der Waals surface area contributed by atoms with E-state index in [1.165, 1.54) is 9.77 Å². The standard InChI is InChI=1S/C13H16N2S2/c1-2-8-14-13-15-9-12(17-13)10-16-11-6-4-3-5-7-11/h3-7,9H,2,8,10H2,1H3,(H,14,15). The van der Waals surface area contributed by atoms with Crippen LogP contribution in [0.5, 0.6) is 0 Å². The predicted molar refractivity (Wildman–Crippen MR) is 76.9 cm³/mol. The molecule has 1 aromatic carbocycles. The van der Waals surface area contributed by atoms with Crippen LogP contribution in [0.15, 0.2) is 41.4 Å². The zero-order valence-corrected chi connectivity index (χ0v) is 11.5. The van der Waals surface area contributed by atoms with E-state index in [4.69, 9.17) is 0 Å². The minimum Gasteiger partial charge on any atom is -0.362 e. The van der Waals surface area contributed by atoms with Crippen LogP contribution < -0.4 is 5.32 Å². The summed E-state index contributed by atoms with van der Waals surface area (Å²) in [5.74, 6) is 0.996. The number of thiazole rings is 1. The first-order valence-corrected chi connectivity index (χ1v) is 7.55. The normalized spacial score (nSPS) is 10.4. The highest BCUT2D eigenvalue weighted by Crippen LogP contribution is 2.27. The van der Waals surface area contributed by atoms with Crippen molar-refractivity contribution in [1.82, 2.24) is 4.98 Å². The Labute approximate surface area is 110 Å². The minimum absolute atomic E-state index is 0.996. The van der Waals surface area contributed by atoms with Crippen molar-refractivity contribution in [3.63, 3.8) is 0 Å². The maximum Gasteiger partial charge on any atom is 0.182 e. The van der Waals surface area contributed by atoms with Crippen molar-refractivity contribution < 1.29 is 0 Å². The quantitative estimate of drug-likeness (QED) is 0.789. The average molecular weight is 264 g/mol. The number of anilines is 1. The van der Waals surface area contributed by atoms with Gasteiger partial charge in [-0.15, -0.1) is 23.1 Å². The van der Waals surface area contributed by atoms with Crippen LogP contribution in [0.1, 0.15) is 18.2 Å². The molecule has 17 heavy (non-hydrogen) atoms. The lowest BCUT2D eigenvalue weighted by molar-refractivity contribution is 0.976. The summed E-state index contributed by atoms with van der Waals surface area (Å²) in [5, 5.41) is 4.35. The van der Waals surface area contributed by atoms with E-state index >= 15 is 0 Å². The van der Waals surface area contributed by atoms with Gasteiger partial charge in [-0.1, -0.05) is 25.1 Å². The van der Waals surface area contributed by atoms with Crippen molar-refractivity contribution in [3.8, 4) is 0 Å². The number of nitrogens with zero attached hydrogens (tertiary/aromatic N) is 1. The largest absolute Gasteiger partial charge is 0.362 e. The van der Waals surface area contributed by atoms with E-state index < -0.39 is 0 Å². The van der Waals surface area contributed by atoms with E-state index in [1.807, 2.05) is 24.0 Å². The van der Waals surface area contributed by atoms with Crippen LogP contribution in [0, 0.1) is 0 Å².